The van der Waals surface area contributed by atoms with Gasteiger partial charge in [0.05, 0.1) is 10.6 Å². The van der Waals surface area contributed by atoms with Crippen molar-refractivity contribution < 1.29 is 18.8 Å². The molecule has 1 aromatic carbocycles. The number of nitro benzene ring substituents is 1. The van der Waals surface area contributed by atoms with E-state index < -0.39 is 22.3 Å². The van der Waals surface area contributed by atoms with Gasteiger partial charge in [0.15, 0.2) is 5.78 Å². The monoisotopic (exact) mass is 305 g/mol. The molecule has 0 saturated carbocycles. The number of hydrogen-bond acceptors (Lipinski definition) is 6. The first-order valence-electron chi connectivity index (χ1n) is 6.40. The van der Waals surface area contributed by atoms with Crippen molar-refractivity contribution in [2.24, 2.45) is 0 Å². The van der Waals surface area contributed by atoms with Crippen LogP contribution in [0.15, 0.2) is 24.5 Å². The molecule has 1 heterocycles. The third-order valence-electron chi connectivity index (χ3n) is 2.93. The molecule has 0 fully saturated rings. The Morgan fingerprint density at radius 2 is 2.14 bits per heavy atom. The summed E-state index contributed by atoms with van der Waals surface area (Å²) in [6.45, 7) is 3.00. The SMILES string of the molecule is CCc1ncnc(Oc2ccc(C(C)=O)cc2[N+](=O)[O-])c1F. The maximum Gasteiger partial charge on any atom is 0.312 e. The highest BCUT2D eigenvalue weighted by atomic mass is 19.1. The summed E-state index contributed by atoms with van der Waals surface area (Å²) in [4.78, 5) is 29.1. The Labute approximate surface area is 124 Å². The third kappa shape index (κ3) is 3.05. The Bertz CT molecular complexity index is 749. The smallest absolute Gasteiger partial charge is 0.312 e. The standard InChI is InChI=1S/C14H12FN3O4/c1-3-10-13(15)14(17-7-16-10)22-12-5-4-9(8(2)19)6-11(12)18(20)21/h4-7H,3H2,1-2H3. The Morgan fingerprint density at radius 1 is 1.41 bits per heavy atom. The summed E-state index contributed by atoms with van der Waals surface area (Å²) in [7, 11) is 0. The van der Waals surface area contributed by atoms with Crippen molar-refractivity contribution in [3.05, 3.63) is 51.7 Å². The lowest BCUT2D eigenvalue weighted by molar-refractivity contribution is -0.385. The average Bonchev–Trinajstić information content (AvgIpc) is 2.49. The maximum absolute atomic E-state index is 14.0. The van der Waals surface area contributed by atoms with Gasteiger partial charge in [0.1, 0.15) is 6.33 Å². The summed E-state index contributed by atoms with van der Waals surface area (Å²) >= 11 is 0. The van der Waals surface area contributed by atoms with E-state index in [1.165, 1.54) is 19.1 Å². The Hall–Kier alpha value is -2.90. The maximum atomic E-state index is 14.0. The zero-order valence-electron chi connectivity index (χ0n) is 11.9. The minimum Gasteiger partial charge on any atom is -0.429 e. The number of rotatable bonds is 5. The zero-order valence-corrected chi connectivity index (χ0v) is 11.9. The van der Waals surface area contributed by atoms with E-state index in [-0.39, 0.29) is 22.8 Å². The molecule has 0 atom stereocenters. The van der Waals surface area contributed by atoms with Crippen molar-refractivity contribution in [3.63, 3.8) is 0 Å². The van der Waals surface area contributed by atoms with Crippen LogP contribution in [0.5, 0.6) is 11.6 Å². The molecule has 7 nitrogen and oxygen atoms in total. The second kappa shape index (κ2) is 6.25. The van der Waals surface area contributed by atoms with Crippen LogP contribution in [-0.2, 0) is 6.42 Å². The summed E-state index contributed by atoms with van der Waals surface area (Å²) in [5.74, 6) is -1.69. The minimum atomic E-state index is -0.769. The average molecular weight is 305 g/mol. The van der Waals surface area contributed by atoms with Gasteiger partial charge in [0.25, 0.3) is 5.88 Å². The quantitative estimate of drug-likeness (QED) is 0.478. The van der Waals surface area contributed by atoms with Crippen LogP contribution in [0.3, 0.4) is 0 Å². The Morgan fingerprint density at radius 3 is 2.73 bits per heavy atom. The van der Waals surface area contributed by atoms with Gasteiger partial charge in [-0.1, -0.05) is 6.92 Å². The van der Waals surface area contributed by atoms with Gasteiger partial charge in [-0.05, 0) is 25.5 Å². The van der Waals surface area contributed by atoms with Gasteiger partial charge in [0, 0.05) is 11.6 Å². The van der Waals surface area contributed by atoms with E-state index in [9.17, 15) is 19.3 Å². The first-order chi connectivity index (χ1) is 10.4. The van der Waals surface area contributed by atoms with Gasteiger partial charge in [-0.25, -0.2) is 4.98 Å². The predicted molar refractivity (Wildman–Crippen MR) is 74.5 cm³/mol. The molecule has 2 rings (SSSR count). The molecule has 1 aromatic heterocycles. The van der Waals surface area contributed by atoms with Gasteiger partial charge in [-0.15, -0.1) is 0 Å². The number of nitrogens with zero attached hydrogens (tertiary/aromatic N) is 3. The summed E-state index contributed by atoms with van der Waals surface area (Å²) < 4.78 is 19.2. The van der Waals surface area contributed by atoms with E-state index in [1.54, 1.807) is 6.92 Å². The van der Waals surface area contributed by atoms with E-state index in [4.69, 9.17) is 4.74 Å². The van der Waals surface area contributed by atoms with E-state index >= 15 is 0 Å². The van der Waals surface area contributed by atoms with Crippen molar-refractivity contribution in [1.29, 1.82) is 0 Å². The molecule has 0 saturated heterocycles. The second-order valence-electron chi connectivity index (χ2n) is 4.39. The number of benzene rings is 1. The molecule has 0 unspecified atom stereocenters. The van der Waals surface area contributed by atoms with Crippen LogP contribution in [0.2, 0.25) is 0 Å². The lowest BCUT2D eigenvalue weighted by Crippen LogP contribution is -2.02. The summed E-state index contributed by atoms with van der Waals surface area (Å²) in [6, 6.07) is 3.68. The fourth-order valence-electron chi connectivity index (χ4n) is 1.77. The number of halogens is 1. The molecule has 0 aliphatic rings. The lowest BCUT2D eigenvalue weighted by atomic mass is 10.1. The van der Waals surface area contributed by atoms with Crippen molar-refractivity contribution in [2.45, 2.75) is 20.3 Å². The van der Waals surface area contributed by atoms with Crippen LogP contribution in [0.4, 0.5) is 10.1 Å². The topological polar surface area (TPSA) is 95.2 Å². The number of nitro groups is 1. The molecule has 8 heteroatoms. The summed E-state index contributed by atoms with van der Waals surface area (Å²) in [5.41, 5.74) is -0.131. The molecule has 114 valence electrons. The number of ether oxygens (including phenoxy) is 1. The fourth-order valence-corrected chi connectivity index (χ4v) is 1.77. The van der Waals surface area contributed by atoms with Crippen LogP contribution < -0.4 is 4.74 Å². The highest BCUT2D eigenvalue weighted by Gasteiger charge is 2.21. The predicted octanol–water partition coefficient (Wildman–Crippen LogP) is 3.08. The van der Waals surface area contributed by atoms with Gasteiger partial charge >= 0.3 is 5.69 Å². The number of ketones is 1. The molecule has 0 amide bonds. The summed E-state index contributed by atoms with van der Waals surface area (Å²) in [6.07, 6.45) is 1.45. The molecule has 22 heavy (non-hydrogen) atoms. The number of aromatic nitrogens is 2. The minimum absolute atomic E-state index is 0.146. The van der Waals surface area contributed by atoms with Gasteiger partial charge in [-0.2, -0.15) is 9.37 Å². The van der Waals surface area contributed by atoms with Gasteiger partial charge in [0.2, 0.25) is 11.6 Å². The number of aryl methyl sites for hydroxylation is 1. The van der Waals surface area contributed by atoms with E-state index in [0.717, 1.165) is 12.4 Å². The molecule has 0 aliphatic heterocycles. The number of carbonyl (C=O) groups is 1. The summed E-state index contributed by atoms with van der Waals surface area (Å²) in [5, 5.41) is 11.1. The molecule has 0 spiro atoms. The van der Waals surface area contributed by atoms with Crippen molar-refractivity contribution in [2.75, 3.05) is 0 Å². The molecule has 0 N–H and O–H groups in total. The first kappa shape index (κ1) is 15.5. The van der Waals surface area contributed by atoms with Crippen molar-refractivity contribution in [1.82, 2.24) is 9.97 Å². The van der Waals surface area contributed by atoms with Gasteiger partial charge < -0.3 is 4.74 Å². The number of carbonyl (C=O) groups excluding carboxylic acids is 1. The van der Waals surface area contributed by atoms with Crippen LogP contribution >= 0.6 is 0 Å². The zero-order chi connectivity index (χ0) is 16.3. The van der Waals surface area contributed by atoms with Crippen LogP contribution in [0.25, 0.3) is 0 Å². The molecule has 2 aromatic rings. The highest BCUT2D eigenvalue weighted by molar-refractivity contribution is 5.95. The lowest BCUT2D eigenvalue weighted by Gasteiger charge is -2.08. The van der Waals surface area contributed by atoms with Crippen LogP contribution in [-0.4, -0.2) is 20.7 Å². The first-order valence-corrected chi connectivity index (χ1v) is 6.40. The van der Waals surface area contributed by atoms with Crippen molar-refractivity contribution >= 4 is 11.5 Å². The van der Waals surface area contributed by atoms with Crippen LogP contribution in [0.1, 0.15) is 29.9 Å². The molecular weight excluding hydrogens is 293 g/mol. The number of hydrogen-bond donors (Lipinski definition) is 0. The molecule has 0 radical (unpaired) electrons. The van der Waals surface area contributed by atoms with Crippen molar-refractivity contribution in [3.8, 4) is 11.6 Å². The largest absolute Gasteiger partial charge is 0.429 e. The number of Topliss-reactive ketones (excluding diaryl/α,β-unsaturated/α-hetero) is 1. The van der Waals surface area contributed by atoms with E-state index in [1.807, 2.05) is 0 Å². The molecule has 0 aliphatic carbocycles. The van der Waals surface area contributed by atoms with Gasteiger partial charge in [-0.3, -0.25) is 14.9 Å². The third-order valence-corrected chi connectivity index (χ3v) is 2.93. The Kier molecular flexibility index (Phi) is 4.40. The second-order valence-corrected chi connectivity index (χ2v) is 4.39. The fraction of sp³-hybridized carbons (Fsp3) is 0.214. The Balaban J connectivity index is 2.45. The highest BCUT2D eigenvalue weighted by Crippen LogP contribution is 2.32. The molecule has 0 bridgehead atoms. The normalized spacial score (nSPS) is 10.3. The molecular formula is C14H12FN3O4. The van der Waals surface area contributed by atoms with Crippen LogP contribution in [0, 0.1) is 15.9 Å². The van der Waals surface area contributed by atoms with E-state index in [0.29, 0.717) is 6.42 Å². The van der Waals surface area contributed by atoms with E-state index in [2.05, 4.69) is 9.97 Å².